The van der Waals surface area contributed by atoms with E-state index in [1.165, 1.54) is 0 Å². The first kappa shape index (κ1) is 16.1. The molecular weight excluding hydrogens is 262 g/mol. The van der Waals surface area contributed by atoms with Gasteiger partial charge in [-0.25, -0.2) is 13.6 Å². The van der Waals surface area contributed by atoms with E-state index < -0.39 is 10.0 Å². The van der Waals surface area contributed by atoms with Crippen LogP contribution in [0.2, 0.25) is 0 Å². The average molecular weight is 285 g/mol. The molecule has 1 rings (SSSR count). The molecule has 0 heterocycles. The van der Waals surface area contributed by atoms with Crippen molar-refractivity contribution in [3.05, 3.63) is 35.9 Å². The fourth-order valence-electron chi connectivity index (χ4n) is 2.02. The lowest BCUT2D eigenvalue weighted by Gasteiger charge is -2.19. The zero-order chi connectivity index (χ0) is 14.3. The third kappa shape index (κ3) is 6.71. The van der Waals surface area contributed by atoms with Crippen LogP contribution in [0.1, 0.15) is 38.2 Å². The molecule has 5 heteroatoms. The van der Waals surface area contributed by atoms with Crippen molar-refractivity contribution in [1.29, 1.82) is 0 Å². The Kier molecular flexibility index (Phi) is 6.48. The van der Waals surface area contributed by atoms with Crippen molar-refractivity contribution in [3.8, 4) is 0 Å². The molecule has 0 amide bonds. The molecule has 0 saturated carbocycles. The number of ether oxygens (including phenoxy) is 1. The van der Waals surface area contributed by atoms with Gasteiger partial charge in [0.05, 0.1) is 18.5 Å². The fourth-order valence-corrected chi connectivity index (χ4v) is 2.87. The molecule has 1 aromatic carbocycles. The van der Waals surface area contributed by atoms with Crippen molar-refractivity contribution in [3.63, 3.8) is 0 Å². The van der Waals surface area contributed by atoms with Crippen molar-refractivity contribution in [2.45, 2.75) is 38.7 Å². The van der Waals surface area contributed by atoms with Gasteiger partial charge in [0.1, 0.15) is 0 Å². The van der Waals surface area contributed by atoms with E-state index in [4.69, 9.17) is 9.88 Å². The summed E-state index contributed by atoms with van der Waals surface area (Å²) in [5.41, 5.74) is 0.945. The topological polar surface area (TPSA) is 69.4 Å². The largest absolute Gasteiger partial charge is 0.378 e. The van der Waals surface area contributed by atoms with Crippen LogP contribution in [0.15, 0.2) is 30.3 Å². The molecule has 0 saturated heterocycles. The number of benzene rings is 1. The number of sulfonamides is 1. The summed E-state index contributed by atoms with van der Waals surface area (Å²) in [5.74, 6) is -0.300. The highest BCUT2D eigenvalue weighted by atomic mass is 32.2. The highest BCUT2D eigenvalue weighted by molar-refractivity contribution is 7.89. The smallest absolute Gasteiger partial charge is 0.209 e. The fraction of sp³-hybridized carbons (Fsp3) is 0.571. The van der Waals surface area contributed by atoms with E-state index in [1.807, 2.05) is 37.3 Å². The van der Waals surface area contributed by atoms with E-state index in [1.54, 1.807) is 0 Å². The molecule has 0 aliphatic heterocycles. The number of hydrogen-bond acceptors (Lipinski definition) is 3. The maximum Gasteiger partial charge on any atom is 0.209 e. The van der Waals surface area contributed by atoms with Crippen molar-refractivity contribution in [2.24, 2.45) is 5.14 Å². The van der Waals surface area contributed by atoms with Crippen molar-refractivity contribution >= 4 is 10.0 Å². The predicted molar refractivity (Wildman–Crippen MR) is 77.5 cm³/mol. The van der Waals surface area contributed by atoms with Crippen molar-refractivity contribution in [1.82, 2.24) is 0 Å². The van der Waals surface area contributed by atoms with Crippen LogP contribution in [0.3, 0.4) is 0 Å². The van der Waals surface area contributed by atoms with Gasteiger partial charge in [-0.1, -0.05) is 43.7 Å². The van der Waals surface area contributed by atoms with Crippen LogP contribution in [0.25, 0.3) is 0 Å². The van der Waals surface area contributed by atoms with Crippen LogP contribution in [-0.2, 0) is 14.8 Å². The SMILES string of the molecule is CCCC(C)OCC(CS(N)(=O)=O)c1ccccc1. The molecule has 0 aromatic heterocycles. The van der Waals surface area contributed by atoms with Crippen LogP contribution in [0, 0.1) is 0 Å². The van der Waals surface area contributed by atoms with Gasteiger partial charge in [0.15, 0.2) is 0 Å². The zero-order valence-corrected chi connectivity index (χ0v) is 12.4. The molecule has 0 radical (unpaired) electrons. The third-order valence-electron chi connectivity index (χ3n) is 2.98. The summed E-state index contributed by atoms with van der Waals surface area (Å²) in [6, 6.07) is 9.49. The lowest BCUT2D eigenvalue weighted by Crippen LogP contribution is -2.26. The van der Waals surface area contributed by atoms with Gasteiger partial charge in [-0.15, -0.1) is 0 Å². The summed E-state index contributed by atoms with van der Waals surface area (Å²) >= 11 is 0. The van der Waals surface area contributed by atoms with Gasteiger partial charge in [0.25, 0.3) is 0 Å². The lowest BCUT2D eigenvalue weighted by molar-refractivity contribution is 0.0524. The van der Waals surface area contributed by atoms with E-state index in [9.17, 15) is 8.42 Å². The summed E-state index contributed by atoms with van der Waals surface area (Å²) in [7, 11) is -3.51. The summed E-state index contributed by atoms with van der Waals surface area (Å²) < 4.78 is 28.3. The monoisotopic (exact) mass is 285 g/mol. The molecular formula is C14H23NO3S. The summed E-state index contributed by atoms with van der Waals surface area (Å²) in [4.78, 5) is 0. The van der Waals surface area contributed by atoms with Crippen LogP contribution < -0.4 is 5.14 Å². The van der Waals surface area contributed by atoms with E-state index in [2.05, 4.69) is 6.92 Å². The Morgan fingerprint density at radius 3 is 2.42 bits per heavy atom. The second-order valence-electron chi connectivity index (χ2n) is 4.87. The first-order valence-electron chi connectivity index (χ1n) is 6.59. The van der Waals surface area contributed by atoms with Crippen molar-refractivity contribution < 1.29 is 13.2 Å². The molecule has 19 heavy (non-hydrogen) atoms. The van der Waals surface area contributed by atoms with Crippen LogP contribution in [0.5, 0.6) is 0 Å². The van der Waals surface area contributed by atoms with Gasteiger partial charge in [-0.2, -0.15) is 0 Å². The Balaban J connectivity index is 2.71. The molecule has 0 aliphatic carbocycles. The number of rotatable bonds is 8. The first-order chi connectivity index (χ1) is 8.92. The minimum absolute atomic E-state index is 0.0874. The van der Waals surface area contributed by atoms with E-state index in [0.29, 0.717) is 6.61 Å². The Morgan fingerprint density at radius 2 is 1.89 bits per heavy atom. The second kappa shape index (κ2) is 7.62. The van der Waals surface area contributed by atoms with E-state index in [-0.39, 0.29) is 17.8 Å². The molecule has 1 aromatic rings. The van der Waals surface area contributed by atoms with Crippen LogP contribution in [0.4, 0.5) is 0 Å². The van der Waals surface area contributed by atoms with Gasteiger partial charge in [-0.3, -0.25) is 0 Å². The standard InChI is InChI=1S/C14H23NO3S/c1-3-7-12(2)18-10-14(11-19(15,16)17)13-8-5-4-6-9-13/h4-6,8-9,12,14H,3,7,10-11H2,1-2H3,(H2,15,16,17). The average Bonchev–Trinajstić information content (AvgIpc) is 2.34. The Morgan fingerprint density at radius 1 is 1.26 bits per heavy atom. The quantitative estimate of drug-likeness (QED) is 0.796. The molecule has 4 nitrogen and oxygen atoms in total. The lowest BCUT2D eigenvalue weighted by atomic mass is 10.0. The van der Waals surface area contributed by atoms with Crippen LogP contribution >= 0.6 is 0 Å². The van der Waals surface area contributed by atoms with Crippen LogP contribution in [-0.4, -0.2) is 26.9 Å². The Hall–Kier alpha value is -0.910. The minimum Gasteiger partial charge on any atom is -0.378 e. The first-order valence-corrected chi connectivity index (χ1v) is 8.31. The molecule has 0 fully saturated rings. The minimum atomic E-state index is -3.51. The van der Waals surface area contributed by atoms with Gasteiger partial charge >= 0.3 is 0 Å². The highest BCUT2D eigenvalue weighted by Gasteiger charge is 2.19. The van der Waals surface area contributed by atoms with Crippen molar-refractivity contribution in [2.75, 3.05) is 12.4 Å². The zero-order valence-electron chi connectivity index (χ0n) is 11.6. The van der Waals surface area contributed by atoms with Gasteiger partial charge in [0.2, 0.25) is 10.0 Å². The predicted octanol–water partition coefficient (Wildman–Crippen LogP) is 2.26. The summed E-state index contributed by atoms with van der Waals surface area (Å²) in [5, 5.41) is 5.16. The molecule has 0 spiro atoms. The third-order valence-corrected chi connectivity index (χ3v) is 3.85. The molecule has 0 bridgehead atoms. The second-order valence-corrected chi connectivity index (χ2v) is 6.53. The highest BCUT2D eigenvalue weighted by Crippen LogP contribution is 2.18. The van der Waals surface area contributed by atoms with Gasteiger partial charge < -0.3 is 4.74 Å². The molecule has 108 valence electrons. The maximum atomic E-state index is 11.3. The molecule has 2 N–H and O–H groups in total. The molecule has 0 aliphatic rings. The van der Waals surface area contributed by atoms with E-state index >= 15 is 0 Å². The van der Waals surface area contributed by atoms with Gasteiger partial charge in [0, 0.05) is 5.92 Å². The summed E-state index contributed by atoms with van der Waals surface area (Å²) in [6.45, 7) is 4.48. The number of hydrogen-bond donors (Lipinski definition) is 1. The summed E-state index contributed by atoms with van der Waals surface area (Å²) in [6.07, 6.45) is 2.15. The normalized spacial score (nSPS) is 15.1. The number of primary sulfonamides is 1. The maximum absolute atomic E-state index is 11.3. The Labute approximate surface area is 116 Å². The molecule has 2 unspecified atom stereocenters. The Bertz CT molecular complexity index is 459. The number of nitrogens with two attached hydrogens (primary N) is 1. The van der Waals surface area contributed by atoms with Gasteiger partial charge in [-0.05, 0) is 18.9 Å². The van der Waals surface area contributed by atoms with E-state index in [0.717, 1.165) is 18.4 Å². The molecule has 2 atom stereocenters.